The fourth-order valence-electron chi connectivity index (χ4n) is 2.02. The summed E-state index contributed by atoms with van der Waals surface area (Å²) in [7, 11) is -1.06. The summed E-state index contributed by atoms with van der Waals surface area (Å²) in [5.41, 5.74) is 0.730. The van der Waals surface area contributed by atoms with E-state index >= 15 is 0 Å². The van der Waals surface area contributed by atoms with Crippen molar-refractivity contribution in [2.24, 2.45) is 0 Å². The van der Waals surface area contributed by atoms with Gasteiger partial charge in [-0.2, -0.15) is 17.4 Å². The van der Waals surface area contributed by atoms with Crippen molar-refractivity contribution in [1.82, 2.24) is 9.03 Å². The molecule has 0 aliphatic carbocycles. The number of rotatable bonds is 12. The molecule has 1 aromatic rings. The van der Waals surface area contributed by atoms with Gasteiger partial charge in [-0.3, -0.25) is 4.79 Å². The maximum absolute atomic E-state index is 12.5. The van der Waals surface area contributed by atoms with E-state index in [1.807, 2.05) is 0 Å². The SMILES string of the molecule is COCCN(CCOC)S(=O)(=O)N[C@@H](Cc1ccccc1)C(=O)O. The molecule has 0 radical (unpaired) electrons. The molecule has 0 aromatic heterocycles. The minimum atomic E-state index is -3.99. The van der Waals surface area contributed by atoms with Crippen LogP contribution in [0.4, 0.5) is 0 Å². The average molecular weight is 360 g/mol. The van der Waals surface area contributed by atoms with E-state index in [9.17, 15) is 18.3 Å². The summed E-state index contributed by atoms with van der Waals surface area (Å²) < 4.78 is 38.1. The van der Waals surface area contributed by atoms with E-state index < -0.39 is 22.2 Å². The van der Waals surface area contributed by atoms with Crippen molar-refractivity contribution in [2.75, 3.05) is 40.5 Å². The number of methoxy groups -OCH3 is 2. The summed E-state index contributed by atoms with van der Waals surface area (Å²) in [4.78, 5) is 11.4. The molecule has 1 rings (SSSR count). The molecule has 0 saturated carbocycles. The number of nitrogens with one attached hydrogen (secondary N) is 1. The minimum Gasteiger partial charge on any atom is -0.480 e. The van der Waals surface area contributed by atoms with E-state index in [2.05, 4.69) is 4.72 Å². The van der Waals surface area contributed by atoms with Gasteiger partial charge in [-0.15, -0.1) is 0 Å². The molecule has 9 heteroatoms. The Morgan fingerprint density at radius 1 is 1.17 bits per heavy atom. The first-order valence-electron chi connectivity index (χ1n) is 7.42. The highest BCUT2D eigenvalue weighted by Gasteiger charge is 2.29. The number of ether oxygens (including phenoxy) is 2. The Morgan fingerprint density at radius 2 is 1.71 bits per heavy atom. The first-order chi connectivity index (χ1) is 11.4. The third kappa shape index (κ3) is 6.93. The molecule has 0 amide bonds. The number of hydrogen-bond donors (Lipinski definition) is 2. The Balaban J connectivity index is 2.85. The minimum absolute atomic E-state index is 0.0534. The summed E-state index contributed by atoms with van der Waals surface area (Å²) in [6.07, 6.45) is 0.0534. The van der Waals surface area contributed by atoms with Crippen LogP contribution in [0.2, 0.25) is 0 Å². The molecule has 0 aliphatic rings. The highest BCUT2D eigenvalue weighted by Crippen LogP contribution is 2.07. The van der Waals surface area contributed by atoms with Gasteiger partial charge in [-0.1, -0.05) is 30.3 Å². The van der Waals surface area contributed by atoms with Crippen LogP contribution in [-0.4, -0.2) is 70.4 Å². The summed E-state index contributed by atoms with van der Waals surface area (Å²) in [5.74, 6) is -1.24. The number of carboxylic acids is 1. The lowest BCUT2D eigenvalue weighted by atomic mass is 10.1. The van der Waals surface area contributed by atoms with Gasteiger partial charge in [-0.25, -0.2) is 0 Å². The van der Waals surface area contributed by atoms with Crippen LogP contribution in [0.1, 0.15) is 5.56 Å². The number of carboxylic acid groups (broad SMARTS) is 1. The monoisotopic (exact) mass is 360 g/mol. The predicted molar refractivity (Wildman–Crippen MR) is 89.0 cm³/mol. The molecule has 0 aliphatic heterocycles. The topological polar surface area (TPSA) is 105 Å². The molecule has 0 fully saturated rings. The molecule has 0 spiro atoms. The molecule has 0 heterocycles. The second-order valence-corrected chi connectivity index (χ2v) is 6.79. The van der Waals surface area contributed by atoms with Crippen molar-refractivity contribution < 1.29 is 27.8 Å². The van der Waals surface area contributed by atoms with Gasteiger partial charge in [-0.05, 0) is 12.0 Å². The van der Waals surface area contributed by atoms with Crippen molar-refractivity contribution in [1.29, 1.82) is 0 Å². The van der Waals surface area contributed by atoms with Crippen LogP contribution < -0.4 is 4.72 Å². The second kappa shape index (κ2) is 10.4. The van der Waals surface area contributed by atoms with Gasteiger partial charge in [0.15, 0.2) is 0 Å². The fraction of sp³-hybridized carbons (Fsp3) is 0.533. The van der Waals surface area contributed by atoms with Crippen molar-refractivity contribution in [3.05, 3.63) is 35.9 Å². The van der Waals surface area contributed by atoms with Crippen LogP contribution in [0.25, 0.3) is 0 Å². The van der Waals surface area contributed by atoms with Crippen LogP contribution in [-0.2, 0) is 30.9 Å². The summed E-state index contributed by atoms with van der Waals surface area (Å²) >= 11 is 0. The third-order valence-corrected chi connectivity index (χ3v) is 4.93. The predicted octanol–water partition coefficient (Wildman–Crippen LogP) is 0.112. The standard InChI is InChI=1S/C15H24N2O6S/c1-22-10-8-17(9-11-23-2)24(20,21)16-14(15(18)19)12-13-6-4-3-5-7-13/h3-7,14,16H,8-12H2,1-2H3,(H,18,19)/t14-/m0/s1. The molecular weight excluding hydrogens is 336 g/mol. The zero-order valence-electron chi connectivity index (χ0n) is 13.8. The third-order valence-electron chi connectivity index (χ3n) is 3.30. The average Bonchev–Trinajstić information content (AvgIpc) is 2.54. The lowest BCUT2D eigenvalue weighted by Crippen LogP contribution is -2.50. The van der Waals surface area contributed by atoms with Gasteiger partial charge in [0, 0.05) is 27.3 Å². The number of carbonyl (C=O) groups is 1. The zero-order valence-corrected chi connectivity index (χ0v) is 14.7. The molecule has 24 heavy (non-hydrogen) atoms. The van der Waals surface area contributed by atoms with Crippen molar-refractivity contribution in [3.8, 4) is 0 Å². The maximum atomic E-state index is 12.5. The molecule has 2 N–H and O–H groups in total. The van der Waals surface area contributed by atoms with Crippen LogP contribution >= 0.6 is 0 Å². The normalized spacial score (nSPS) is 13.1. The molecule has 0 unspecified atom stereocenters. The van der Waals surface area contributed by atoms with Gasteiger partial charge >= 0.3 is 5.97 Å². The molecule has 136 valence electrons. The number of hydrogen-bond acceptors (Lipinski definition) is 5. The molecule has 1 atom stereocenters. The van der Waals surface area contributed by atoms with Crippen molar-refractivity contribution in [3.63, 3.8) is 0 Å². The first-order valence-corrected chi connectivity index (χ1v) is 8.86. The lowest BCUT2D eigenvalue weighted by molar-refractivity contribution is -0.138. The molecule has 1 aromatic carbocycles. The Morgan fingerprint density at radius 3 is 2.17 bits per heavy atom. The van der Waals surface area contributed by atoms with Crippen LogP contribution in [0.5, 0.6) is 0 Å². The van der Waals surface area contributed by atoms with Gasteiger partial charge in [0.05, 0.1) is 13.2 Å². The fourth-order valence-corrected chi connectivity index (χ4v) is 3.34. The van der Waals surface area contributed by atoms with Crippen molar-refractivity contribution in [2.45, 2.75) is 12.5 Å². The molecule has 0 saturated heterocycles. The Hall–Kier alpha value is -1.52. The van der Waals surface area contributed by atoms with Crippen LogP contribution in [0.3, 0.4) is 0 Å². The zero-order chi connectivity index (χ0) is 18.0. The smallest absolute Gasteiger partial charge is 0.322 e. The number of aliphatic carboxylic acids is 1. The highest BCUT2D eigenvalue weighted by molar-refractivity contribution is 7.87. The highest BCUT2D eigenvalue weighted by atomic mass is 32.2. The summed E-state index contributed by atoms with van der Waals surface area (Å²) in [5, 5.41) is 9.34. The second-order valence-electron chi connectivity index (χ2n) is 5.09. The van der Waals surface area contributed by atoms with Crippen LogP contribution in [0, 0.1) is 0 Å². The largest absolute Gasteiger partial charge is 0.480 e. The van der Waals surface area contributed by atoms with E-state index in [1.165, 1.54) is 14.2 Å². The van der Waals surface area contributed by atoms with Crippen molar-refractivity contribution >= 4 is 16.2 Å². The Bertz CT molecular complexity index is 585. The van der Waals surface area contributed by atoms with E-state index in [0.717, 1.165) is 9.87 Å². The quantitative estimate of drug-likeness (QED) is 0.548. The molecule has 0 bridgehead atoms. The molecule has 8 nitrogen and oxygen atoms in total. The van der Waals surface area contributed by atoms with Gasteiger partial charge < -0.3 is 14.6 Å². The van der Waals surface area contributed by atoms with Gasteiger partial charge in [0.1, 0.15) is 6.04 Å². The number of benzene rings is 1. The van der Waals surface area contributed by atoms with Gasteiger partial charge in [0.2, 0.25) is 0 Å². The summed E-state index contributed by atoms with van der Waals surface area (Å²) in [6.45, 7) is 0.599. The van der Waals surface area contributed by atoms with E-state index in [0.29, 0.717) is 0 Å². The van der Waals surface area contributed by atoms with Crippen LogP contribution in [0.15, 0.2) is 30.3 Å². The molecular formula is C15H24N2O6S. The first kappa shape index (κ1) is 20.5. The van der Waals surface area contributed by atoms with E-state index in [4.69, 9.17) is 9.47 Å². The number of nitrogens with zero attached hydrogens (tertiary/aromatic N) is 1. The Kier molecular flexibility index (Phi) is 8.87. The Labute approximate surface area is 142 Å². The van der Waals surface area contributed by atoms with E-state index in [-0.39, 0.29) is 32.7 Å². The van der Waals surface area contributed by atoms with E-state index in [1.54, 1.807) is 30.3 Å². The maximum Gasteiger partial charge on any atom is 0.322 e. The lowest BCUT2D eigenvalue weighted by Gasteiger charge is -2.24. The summed E-state index contributed by atoms with van der Waals surface area (Å²) in [6, 6.07) is 7.58. The van der Waals surface area contributed by atoms with Gasteiger partial charge in [0.25, 0.3) is 10.2 Å².